The molecule has 0 bridgehead atoms. The van der Waals surface area contributed by atoms with Crippen molar-refractivity contribution in [1.29, 1.82) is 0 Å². The molecule has 1 heterocycles. The largest absolute Gasteiger partial charge is 0.398 e. The summed E-state index contributed by atoms with van der Waals surface area (Å²) >= 11 is 8.40. The van der Waals surface area contributed by atoms with Gasteiger partial charge in [0.15, 0.2) is 8.68 Å². The molecule has 2 N–H and O–H groups in total. The maximum Gasteiger partial charge on any atom is 0.175 e. The lowest BCUT2D eigenvalue weighted by atomic mass is 10.2. The van der Waals surface area contributed by atoms with Crippen LogP contribution in [0.25, 0.3) is 0 Å². The summed E-state index contributed by atoms with van der Waals surface area (Å²) < 4.78 is 3.01. The molecule has 7 heteroatoms. The molecule has 90 valence electrons. The van der Waals surface area contributed by atoms with Gasteiger partial charge in [-0.05, 0) is 24.0 Å². The van der Waals surface area contributed by atoms with Crippen LogP contribution in [-0.2, 0) is 5.75 Å². The van der Waals surface area contributed by atoms with Crippen LogP contribution in [0.5, 0.6) is 0 Å². The Hall–Kier alpha value is -0.240. The van der Waals surface area contributed by atoms with Crippen molar-refractivity contribution in [2.75, 3.05) is 12.0 Å². The third-order valence-electron chi connectivity index (χ3n) is 2.06. The number of anilines is 1. The van der Waals surface area contributed by atoms with Crippen LogP contribution in [0.4, 0.5) is 5.69 Å². The van der Waals surface area contributed by atoms with Crippen molar-refractivity contribution in [3.63, 3.8) is 0 Å². The topological polar surface area (TPSA) is 51.8 Å². The van der Waals surface area contributed by atoms with Crippen LogP contribution in [0.2, 0.25) is 0 Å². The smallest absolute Gasteiger partial charge is 0.175 e. The van der Waals surface area contributed by atoms with E-state index < -0.39 is 0 Å². The molecule has 0 aliphatic rings. The molecule has 0 aliphatic heterocycles. The SMILES string of the molecule is CSc1nnc(SCc2c(N)cccc2Br)s1. The van der Waals surface area contributed by atoms with Crippen LogP contribution >= 0.6 is 50.8 Å². The summed E-state index contributed by atoms with van der Waals surface area (Å²) in [4.78, 5) is 0. The van der Waals surface area contributed by atoms with E-state index in [2.05, 4.69) is 26.1 Å². The van der Waals surface area contributed by atoms with Crippen LogP contribution in [-0.4, -0.2) is 16.5 Å². The molecule has 0 saturated heterocycles. The van der Waals surface area contributed by atoms with E-state index in [1.807, 2.05) is 24.5 Å². The van der Waals surface area contributed by atoms with E-state index in [4.69, 9.17) is 5.73 Å². The number of thioether (sulfide) groups is 2. The Morgan fingerprint density at radius 1 is 1.35 bits per heavy atom. The fourth-order valence-electron chi connectivity index (χ4n) is 1.20. The first-order valence-corrected chi connectivity index (χ1v) is 8.56. The average Bonchev–Trinajstić information content (AvgIpc) is 2.76. The summed E-state index contributed by atoms with van der Waals surface area (Å²) in [5.74, 6) is 0.802. The normalized spacial score (nSPS) is 10.7. The molecule has 0 aliphatic carbocycles. The minimum Gasteiger partial charge on any atom is -0.398 e. The summed E-state index contributed by atoms with van der Waals surface area (Å²) in [7, 11) is 0. The third kappa shape index (κ3) is 3.37. The lowest BCUT2D eigenvalue weighted by Gasteiger charge is -2.05. The van der Waals surface area contributed by atoms with E-state index >= 15 is 0 Å². The zero-order valence-corrected chi connectivity index (χ0v) is 13.0. The quantitative estimate of drug-likeness (QED) is 0.671. The molecule has 0 saturated carbocycles. The van der Waals surface area contributed by atoms with Gasteiger partial charge in [0.05, 0.1) is 0 Å². The van der Waals surface area contributed by atoms with Crippen molar-refractivity contribution >= 4 is 56.5 Å². The maximum atomic E-state index is 5.94. The molecule has 17 heavy (non-hydrogen) atoms. The summed E-state index contributed by atoms with van der Waals surface area (Å²) in [5.41, 5.74) is 7.85. The number of nitrogen functional groups attached to an aromatic ring is 1. The van der Waals surface area contributed by atoms with E-state index in [0.717, 1.165) is 30.2 Å². The lowest BCUT2D eigenvalue weighted by molar-refractivity contribution is 0.955. The second kappa shape index (κ2) is 6.08. The zero-order valence-electron chi connectivity index (χ0n) is 9.01. The summed E-state index contributed by atoms with van der Waals surface area (Å²) in [6.45, 7) is 0. The van der Waals surface area contributed by atoms with Crippen LogP contribution in [0, 0.1) is 0 Å². The van der Waals surface area contributed by atoms with Gasteiger partial charge in [-0.2, -0.15) is 0 Å². The van der Waals surface area contributed by atoms with Gasteiger partial charge in [-0.15, -0.1) is 10.2 Å². The number of hydrogen-bond donors (Lipinski definition) is 1. The Morgan fingerprint density at radius 3 is 2.76 bits per heavy atom. The van der Waals surface area contributed by atoms with Gasteiger partial charge in [-0.1, -0.05) is 56.9 Å². The number of hydrogen-bond acceptors (Lipinski definition) is 6. The van der Waals surface area contributed by atoms with Gasteiger partial charge in [0.25, 0.3) is 0 Å². The van der Waals surface area contributed by atoms with Crippen molar-refractivity contribution in [2.24, 2.45) is 0 Å². The maximum absolute atomic E-state index is 5.94. The Kier molecular flexibility index (Phi) is 4.72. The second-order valence-electron chi connectivity index (χ2n) is 3.13. The van der Waals surface area contributed by atoms with Crippen molar-refractivity contribution in [3.8, 4) is 0 Å². The minimum atomic E-state index is 0.802. The van der Waals surface area contributed by atoms with Crippen molar-refractivity contribution in [1.82, 2.24) is 10.2 Å². The Labute approximate surface area is 121 Å². The highest BCUT2D eigenvalue weighted by Gasteiger charge is 2.08. The fourth-order valence-corrected chi connectivity index (χ4v) is 4.41. The first-order chi connectivity index (χ1) is 8.20. The molecule has 2 rings (SSSR count). The Bertz CT molecular complexity index is 495. The number of aromatic nitrogens is 2. The van der Waals surface area contributed by atoms with Crippen molar-refractivity contribution in [2.45, 2.75) is 14.4 Å². The lowest BCUT2D eigenvalue weighted by Crippen LogP contribution is -1.93. The summed E-state index contributed by atoms with van der Waals surface area (Å²) in [6, 6.07) is 5.85. The van der Waals surface area contributed by atoms with Crippen LogP contribution in [0.1, 0.15) is 5.56 Å². The van der Waals surface area contributed by atoms with Gasteiger partial charge in [0, 0.05) is 15.9 Å². The number of nitrogens with two attached hydrogens (primary N) is 1. The molecule has 2 aromatic rings. The molecule has 3 nitrogen and oxygen atoms in total. The van der Waals surface area contributed by atoms with E-state index in [9.17, 15) is 0 Å². The van der Waals surface area contributed by atoms with Gasteiger partial charge in [-0.25, -0.2) is 0 Å². The molecule has 0 atom stereocenters. The highest BCUT2D eigenvalue weighted by Crippen LogP contribution is 2.33. The van der Waals surface area contributed by atoms with Crippen molar-refractivity contribution < 1.29 is 0 Å². The zero-order chi connectivity index (χ0) is 12.3. The van der Waals surface area contributed by atoms with Gasteiger partial charge in [0.1, 0.15) is 0 Å². The van der Waals surface area contributed by atoms with Gasteiger partial charge < -0.3 is 5.73 Å². The highest BCUT2D eigenvalue weighted by molar-refractivity contribution is 9.10. The van der Waals surface area contributed by atoms with E-state index in [1.54, 1.807) is 34.9 Å². The van der Waals surface area contributed by atoms with E-state index in [0.29, 0.717) is 0 Å². The third-order valence-corrected chi connectivity index (χ3v) is 5.86. The van der Waals surface area contributed by atoms with Crippen molar-refractivity contribution in [3.05, 3.63) is 28.2 Å². The van der Waals surface area contributed by atoms with Crippen LogP contribution in [0.15, 0.2) is 31.4 Å². The van der Waals surface area contributed by atoms with E-state index in [1.165, 1.54) is 0 Å². The van der Waals surface area contributed by atoms with Crippen LogP contribution in [0.3, 0.4) is 0 Å². The molecule has 1 aromatic carbocycles. The summed E-state index contributed by atoms with van der Waals surface area (Å²) in [5, 5.41) is 8.18. The van der Waals surface area contributed by atoms with Crippen LogP contribution < -0.4 is 5.73 Å². The molecule has 0 spiro atoms. The molecular formula is C10H10BrN3S3. The predicted molar refractivity (Wildman–Crippen MR) is 79.8 cm³/mol. The molecule has 0 unspecified atom stereocenters. The highest BCUT2D eigenvalue weighted by atomic mass is 79.9. The first kappa shape index (κ1) is 13.2. The number of nitrogens with zero attached hydrogens (tertiary/aromatic N) is 2. The molecule has 0 amide bonds. The Balaban J connectivity index is 2.07. The Morgan fingerprint density at radius 2 is 2.12 bits per heavy atom. The number of halogens is 1. The van der Waals surface area contributed by atoms with E-state index in [-0.39, 0.29) is 0 Å². The molecule has 1 aromatic heterocycles. The van der Waals surface area contributed by atoms with Gasteiger partial charge in [0.2, 0.25) is 0 Å². The standard InChI is InChI=1S/C10H10BrN3S3/c1-15-9-13-14-10(17-9)16-5-6-7(11)3-2-4-8(6)12/h2-4H,5,12H2,1H3. The first-order valence-electron chi connectivity index (χ1n) is 4.74. The number of rotatable bonds is 4. The molecule has 0 fully saturated rings. The summed E-state index contributed by atoms with van der Waals surface area (Å²) in [6.07, 6.45) is 2.00. The molecular weight excluding hydrogens is 338 g/mol. The number of benzene rings is 1. The second-order valence-corrected chi connectivity index (χ2v) is 7.24. The molecule has 0 radical (unpaired) electrons. The van der Waals surface area contributed by atoms with Gasteiger partial charge in [-0.3, -0.25) is 0 Å². The predicted octanol–water partition coefficient (Wildman–Crippen LogP) is 3.90. The fraction of sp³-hybridized carbons (Fsp3) is 0.200. The van der Waals surface area contributed by atoms with Gasteiger partial charge >= 0.3 is 0 Å². The monoisotopic (exact) mass is 347 g/mol. The average molecular weight is 348 g/mol. The minimum absolute atomic E-state index is 0.802.